The van der Waals surface area contributed by atoms with Crippen molar-refractivity contribution in [3.05, 3.63) is 89.8 Å². The van der Waals surface area contributed by atoms with Gasteiger partial charge in [0.2, 0.25) is 0 Å². The molecule has 1 aromatic carbocycles. The van der Waals surface area contributed by atoms with Crippen molar-refractivity contribution < 1.29 is 5.11 Å². The molecule has 0 saturated heterocycles. The zero-order valence-corrected chi connectivity index (χ0v) is 19.1. The molecule has 0 saturated carbocycles. The van der Waals surface area contributed by atoms with Crippen molar-refractivity contribution in [3.8, 4) is 22.6 Å². The fraction of sp³-hybridized carbons (Fsp3) is 0.231. The number of H-pyrrole nitrogens is 1. The molecule has 0 fully saturated rings. The van der Waals surface area contributed by atoms with Gasteiger partial charge in [-0.2, -0.15) is 5.10 Å². The van der Waals surface area contributed by atoms with Crippen LogP contribution in [0.5, 0.6) is 0 Å². The molecule has 0 unspecified atom stereocenters. The number of aromatic amines is 1. The first-order chi connectivity index (χ1) is 16.6. The predicted octanol–water partition coefficient (Wildman–Crippen LogP) is 3.58. The summed E-state index contributed by atoms with van der Waals surface area (Å²) in [5, 5.41) is 15.1. The van der Waals surface area contributed by atoms with E-state index in [0.29, 0.717) is 13.0 Å². The van der Waals surface area contributed by atoms with Crippen LogP contribution in [0.2, 0.25) is 0 Å². The molecule has 170 valence electrons. The highest BCUT2D eigenvalue weighted by molar-refractivity contribution is 5.77. The summed E-state index contributed by atoms with van der Waals surface area (Å²) >= 11 is 0. The molecule has 2 atom stereocenters. The van der Waals surface area contributed by atoms with Gasteiger partial charge in [-0.05, 0) is 49.4 Å². The number of likely N-dealkylation sites (N-methyl/N-ethyl adjacent to an activating group) is 1. The number of benzene rings is 1. The van der Waals surface area contributed by atoms with Crippen LogP contribution in [0.15, 0.2) is 67.1 Å². The maximum atomic E-state index is 10.8. The number of hydrogen-bond donors (Lipinski definition) is 2. The average molecular weight is 452 g/mol. The minimum atomic E-state index is -0.440. The second-order valence-electron chi connectivity index (χ2n) is 8.88. The molecule has 0 aliphatic heterocycles. The molecule has 0 amide bonds. The number of nitrogens with one attached hydrogen (secondary N) is 1. The van der Waals surface area contributed by atoms with Gasteiger partial charge in [-0.15, -0.1) is 0 Å². The Morgan fingerprint density at radius 2 is 1.97 bits per heavy atom. The highest BCUT2D eigenvalue weighted by Crippen LogP contribution is 2.36. The standard InChI is InChI=1S/C26H25N7O/c1-16-6-5-9-20(29-16)25-24(18-10-11-23-27-15-28-33(23)13-18)30-22(31-25)14-32(2)26-19-8-4-3-7-17(19)12-21(26)34/h3-11,13,15,21,26,34H,12,14H2,1-2H3,(H,30,31)/t21-,26+/m1/s1. The number of imidazole rings is 1. The summed E-state index contributed by atoms with van der Waals surface area (Å²) in [5.41, 5.74) is 7.54. The molecule has 0 bridgehead atoms. The zero-order valence-electron chi connectivity index (χ0n) is 19.1. The number of aliphatic hydroxyl groups excluding tert-OH is 1. The first-order valence-corrected chi connectivity index (χ1v) is 11.4. The number of nitrogens with zero attached hydrogens (tertiary/aromatic N) is 6. The summed E-state index contributed by atoms with van der Waals surface area (Å²) in [6.45, 7) is 2.54. The summed E-state index contributed by atoms with van der Waals surface area (Å²) in [7, 11) is 2.03. The van der Waals surface area contributed by atoms with E-state index in [1.54, 1.807) is 4.52 Å². The molecule has 6 rings (SSSR count). The summed E-state index contributed by atoms with van der Waals surface area (Å²) in [6.07, 6.45) is 3.70. The molecular formula is C26H25N7O. The monoisotopic (exact) mass is 451 g/mol. The third kappa shape index (κ3) is 3.57. The molecule has 4 heterocycles. The van der Waals surface area contributed by atoms with Crippen LogP contribution in [0.4, 0.5) is 0 Å². The molecule has 8 nitrogen and oxygen atoms in total. The van der Waals surface area contributed by atoms with Gasteiger partial charge in [-0.1, -0.05) is 30.3 Å². The van der Waals surface area contributed by atoms with Gasteiger partial charge in [-0.25, -0.2) is 14.5 Å². The minimum Gasteiger partial charge on any atom is -0.391 e. The van der Waals surface area contributed by atoms with Crippen LogP contribution >= 0.6 is 0 Å². The van der Waals surface area contributed by atoms with Crippen LogP contribution in [-0.2, 0) is 13.0 Å². The molecule has 34 heavy (non-hydrogen) atoms. The summed E-state index contributed by atoms with van der Waals surface area (Å²) in [6, 6.07) is 18.1. The van der Waals surface area contributed by atoms with Gasteiger partial charge < -0.3 is 10.1 Å². The Morgan fingerprint density at radius 3 is 2.85 bits per heavy atom. The molecule has 1 aliphatic carbocycles. The van der Waals surface area contributed by atoms with Gasteiger partial charge in [0, 0.05) is 23.9 Å². The van der Waals surface area contributed by atoms with Crippen LogP contribution in [0.1, 0.15) is 28.7 Å². The van der Waals surface area contributed by atoms with Crippen LogP contribution in [0.25, 0.3) is 28.3 Å². The second kappa shape index (κ2) is 8.16. The van der Waals surface area contributed by atoms with Gasteiger partial charge in [0.05, 0.1) is 35.8 Å². The van der Waals surface area contributed by atoms with Crippen LogP contribution < -0.4 is 0 Å². The van der Waals surface area contributed by atoms with Crippen molar-refractivity contribution in [2.75, 3.05) is 7.05 Å². The van der Waals surface area contributed by atoms with E-state index in [-0.39, 0.29) is 6.04 Å². The summed E-state index contributed by atoms with van der Waals surface area (Å²) < 4.78 is 1.75. The highest BCUT2D eigenvalue weighted by Gasteiger charge is 2.34. The Morgan fingerprint density at radius 1 is 1.09 bits per heavy atom. The average Bonchev–Trinajstić information content (AvgIpc) is 3.54. The lowest BCUT2D eigenvalue weighted by atomic mass is 10.1. The number of aromatic nitrogens is 6. The van der Waals surface area contributed by atoms with E-state index in [0.717, 1.165) is 39.8 Å². The van der Waals surface area contributed by atoms with Crippen LogP contribution in [0.3, 0.4) is 0 Å². The van der Waals surface area contributed by atoms with E-state index in [9.17, 15) is 5.11 Å². The van der Waals surface area contributed by atoms with E-state index in [4.69, 9.17) is 9.97 Å². The number of pyridine rings is 2. The topological polar surface area (TPSA) is 95.2 Å². The Labute approximate surface area is 197 Å². The molecule has 1 aliphatic rings. The Bertz CT molecular complexity index is 1490. The highest BCUT2D eigenvalue weighted by atomic mass is 16.3. The Hall–Kier alpha value is -3.88. The normalized spacial score (nSPS) is 17.5. The van der Waals surface area contributed by atoms with Gasteiger partial charge >= 0.3 is 0 Å². The first-order valence-electron chi connectivity index (χ1n) is 11.4. The molecule has 0 radical (unpaired) electrons. The number of fused-ring (bicyclic) bond motifs is 2. The van der Waals surface area contributed by atoms with Crippen molar-refractivity contribution in [2.24, 2.45) is 0 Å². The van der Waals surface area contributed by atoms with Gasteiger partial charge in [0.15, 0.2) is 5.65 Å². The van der Waals surface area contributed by atoms with E-state index in [2.05, 4.69) is 32.1 Å². The van der Waals surface area contributed by atoms with Crippen LogP contribution in [-0.4, -0.2) is 52.7 Å². The van der Waals surface area contributed by atoms with Gasteiger partial charge in [0.25, 0.3) is 0 Å². The molecule has 2 N–H and O–H groups in total. The van der Waals surface area contributed by atoms with E-state index < -0.39 is 6.10 Å². The maximum Gasteiger partial charge on any atom is 0.155 e. The number of hydrogen-bond acceptors (Lipinski definition) is 6. The fourth-order valence-corrected chi connectivity index (χ4v) is 4.95. The Balaban J connectivity index is 1.39. The quantitative estimate of drug-likeness (QED) is 0.424. The molecule has 4 aromatic heterocycles. The zero-order chi connectivity index (χ0) is 23.2. The van der Waals surface area contributed by atoms with E-state index in [1.165, 1.54) is 17.5 Å². The maximum absolute atomic E-state index is 10.8. The van der Waals surface area contributed by atoms with Crippen molar-refractivity contribution in [2.45, 2.75) is 32.0 Å². The predicted molar refractivity (Wildman–Crippen MR) is 129 cm³/mol. The summed E-state index contributed by atoms with van der Waals surface area (Å²) in [4.78, 5) is 19.6. The van der Waals surface area contributed by atoms with Gasteiger partial charge in [0.1, 0.15) is 12.2 Å². The van der Waals surface area contributed by atoms with Gasteiger partial charge in [-0.3, -0.25) is 9.88 Å². The second-order valence-corrected chi connectivity index (χ2v) is 8.88. The third-order valence-corrected chi connectivity index (χ3v) is 6.49. The molecular weight excluding hydrogens is 426 g/mol. The van der Waals surface area contributed by atoms with Crippen molar-refractivity contribution >= 4 is 5.65 Å². The van der Waals surface area contributed by atoms with E-state index >= 15 is 0 Å². The Kier molecular flexibility index (Phi) is 4.97. The largest absolute Gasteiger partial charge is 0.391 e. The lowest BCUT2D eigenvalue weighted by molar-refractivity contribution is 0.0713. The number of rotatable bonds is 5. The first kappa shape index (κ1) is 20.7. The van der Waals surface area contributed by atoms with Crippen molar-refractivity contribution in [1.82, 2.24) is 34.4 Å². The molecule has 5 aromatic rings. The lowest BCUT2D eigenvalue weighted by Crippen LogP contribution is -2.31. The van der Waals surface area contributed by atoms with Crippen molar-refractivity contribution in [1.29, 1.82) is 0 Å². The SMILES string of the molecule is Cc1cccc(-c2[nH]c(CN(C)[C@H]3c4ccccc4C[C@H]3O)nc2-c2ccc3ncnn3c2)n1. The number of aryl methyl sites for hydroxylation is 1. The third-order valence-electron chi connectivity index (χ3n) is 6.49. The summed E-state index contributed by atoms with van der Waals surface area (Å²) in [5.74, 6) is 0.811. The fourth-order valence-electron chi connectivity index (χ4n) is 4.95. The number of aliphatic hydroxyl groups is 1. The molecule has 0 spiro atoms. The van der Waals surface area contributed by atoms with Crippen LogP contribution in [0, 0.1) is 6.92 Å². The van der Waals surface area contributed by atoms with Crippen molar-refractivity contribution in [3.63, 3.8) is 0 Å². The smallest absolute Gasteiger partial charge is 0.155 e. The van der Waals surface area contributed by atoms with E-state index in [1.807, 2.05) is 62.6 Å². The molecule has 8 heteroatoms. The minimum absolute atomic E-state index is 0.0724. The lowest BCUT2D eigenvalue weighted by Gasteiger charge is -2.27.